The van der Waals surface area contributed by atoms with Crippen molar-refractivity contribution in [1.82, 2.24) is 0 Å². The van der Waals surface area contributed by atoms with Gasteiger partial charge in [-0.25, -0.2) is 0 Å². The highest BCUT2D eigenvalue weighted by molar-refractivity contribution is 7.33. The molecule has 0 atom stereocenters. The molecule has 0 amide bonds. The van der Waals surface area contributed by atoms with Crippen LogP contribution in [0.15, 0.2) is 60.7 Å². The van der Waals surface area contributed by atoms with Gasteiger partial charge in [-0.1, -0.05) is 48.5 Å². The van der Waals surface area contributed by atoms with Crippen molar-refractivity contribution in [2.45, 2.75) is 13.8 Å². The SMILES string of the molecule is Cc1ccc2c(c1)sc1c3sc4cc(C)ccc4c3c3ccccc3c21. The van der Waals surface area contributed by atoms with E-state index in [1.54, 1.807) is 0 Å². The van der Waals surface area contributed by atoms with Crippen molar-refractivity contribution in [3.63, 3.8) is 0 Å². The van der Waals surface area contributed by atoms with Gasteiger partial charge >= 0.3 is 0 Å². The minimum Gasteiger partial charge on any atom is -0.134 e. The van der Waals surface area contributed by atoms with Crippen LogP contribution in [0.25, 0.3) is 51.1 Å². The van der Waals surface area contributed by atoms with Gasteiger partial charge in [0, 0.05) is 30.9 Å². The molecule has 0 aliphatic rings. The van der Waals surface area contributed by atoms with Crippen molar-refractivity contribution in [1.29, 1.82) is 0 Å². The van der Waals surface area contributed by atoms with Crippen molar-refractivity contribution >= 4 is 73.8 Å². The molecule has 0 spiro atoms. The van der Waals surface area contributed by atoms with E-state index in [4.69, 9.17) is 0 Å². The second kappa shape index (κ2) is 5.06. The molecule has 0 aliphatic heterocycles. The molecule has 2 aromatic heterocycles. The maximum Gasteiger partial charge on any atom is 0.0540 e. The molecule has 2 heteroatoms. The van der Waals surface area contributed by atoms with Gasteiger partial charge in [0.25, 0.3) is 0 Å². The fourth-order valence-electron chi connectivity index (χ4n) is 4.18. The van der Waals surface area contributed by atoms with E-state index in [2.05, 4.69) is 74.5 Å². The van der Waals surface area contributed by atoms with Crippen LogP contribution >= 0.6 is 22.7 Å². The van der Waals surface area contributed by atoms with Crippen LogP contribution in [0, 0.1) is 13.8 Å². The monoisotopic (exact) mass is 368 g/mol. The van der Waals surface area contributed by atoms with E-state index < -0.39 is 0 Å². The Kier molecular flexibility index (Phi) is 2.87. The minimum absolute atomic E-state index is 1.33. The zero-order valence-electron chi connectivity index (χ0n) is 14.6. The van der Waals surface area contributed by atoms with Gasteiger partial charge in [0.2, 0.25) is 0 Å². The van der Waals surface area contributed by atoms with Crippen molar-refractivity contribution in [2.24, 2.45) is 0 Å². The molecule has 6 rings (SSSR count). The fraction of sp³-hybridized carbons (Fsp3) is 0.0833. The quantitative estimate of drug-likeness (QED) is 0.253. The van der Waals surface area contributed by atoms with Gasteiger partial charge in [-0.3, -0.25) is 0 Å². The predicted octanol–water partition coefficient (Wildman–Crippen LogP) is 8.19. The molecule has 0 bridgehead atoms. The van der Waals surface area contributed by atoms with E-state index in [0.29, 0.717) is 0 Å². The summed E-state index contributed by atoms with van der Waals surface area (Å²) in [4.78, 5) is 0. The van der Waals surface area contributed by atoms with Crippen LogP contribution < -0.4 is 0 Å². The third-order valence-electron chi connectivity index (χ3n) is 5.36. The lowest BCUT2D eigenvalue weighted by Gasteiger charge is -2.04. The molecular weight excluding hydrogens is 352 g/mol. The highest BCUT2D eigenvalue weighted by Gasteiger charge is 2.17. The summed E-state index contributed by atoms with van der Waals surface area (Å²) in [5, 5.41) is 8.40. The molecule has 0 radical (unpaired) electrons. The number of fused-ring (bicyclic) bond motifs is 10. The van der Waals surface area contributed by atoms with Gasteiger partial charge in [-0.05, 0) is 47.9 Å². The van der Waals surface area contributed by atoms with Crippen LogP contribution in [-0.2, 0) is 0 Å². The van der Waals surface area contributed by atoms with Crippen LogP contribution in [-0.4, -0.2) is 0 Å². The molecule has 0 fully saturated rings. The number of hydrogen-bond donors (Lipinski definition) is 0. The molecule has 0 N–H and O–H groups in total. The number of benzene rings is 4. The average Bonchev–Trinajstić information content (AvgIpc) is 3.19. The number of rotatable bonds is 0. The Bertz CT molecular complexity index is 1380. The van der Waals surface area contributed by atoms with Crippen LogP contribution in [0.1, 0.15) is 11.1 Å². The first-order chi connectivity index (χ1) is 12.7. The van der Waals surface area contributed by atoms with Crippen molar-refractivity contribution < 1.29 is 0 Å². The maximum absolute atomic E-state index is 2.33. The summed E-state index contributed by atoms with van der Waals surface area (Å²) in [5.41, 5.74) is 2.66. The van der Waals surface area contributed by atoms with E-state index in [9.17, 15) is 0 Å². The second-order valence-corrected chi connectivity index (χ2v) is 9.26. The van der Waals surface area contributed by atoms with E-state index in [0.717, 1.165) is 0 Å². The summed E-state index contributed by atoms with van der Waals surface area (Å²) < 4.78 is 5.67. The van der Waals surface area contributed by atoms with Crippen LogP contribution in [0.4, 0.5) is 0 Å². The lowest BCUT2D eigenvalue weighted by molar-refractivity contribution is 1.52. The Morgan fingerprint density at radius 3 is 1.46 bits per heavy atom. The predicted molar refractivity (Wildman–Crippen MR) is 119 cm³/mol. The summed E-state index contributed by atoms with van der Waals surface area (Å²) in [6, 6.07) is 22.7. The van der Waals surface area contributed by atoms with Crippen molar-refractivity contribution in [3.8, 4) is 0 Å². The largest absolute Gasteiger partial charge is 0.134 e. The minimum atomic E-state index is 1.33. The molecular formula is C24H16S2. The third kappa shape index (κ3) is 1.83. The highest BCUT2D eigenvalue weighted by atomic mass is 32.1. The lowest BCUT2D eigenvalue weighted by atomic mass is 9.98. The standard InChI is InChI=1S/C24H16S2/c1-13-7-9-17-19(11-13)25-23-21(17)15-5-3-4-6-16(15)22-18-10-8-14(2)12-20(18)26-24(22)23/h3-12H,1-2H3. The third-order valence-corrected chi connectivity index (χ3v) is 7.83. The molecule has 0 nitrogen and oxygen atoms in total. The van der Waals surface area contributed by atoms with Gasteiger partial charge in [-0.2, -0.15) is 0 Å². The first kappa shape index (κ1) is 14.7. The summed E-state index contributed by atoms with van der Waals surface area (Å²) in [7, 11) is 0. The second-order valence-electron chi connectivity index (χ2n) is 7.16. The van der Waals surface area contributed by atoms with E-state index in [1.165, 1.54) is 62.2 Å². The summed E-state index contributed by atoms with van der Waals surface area (Å²) >= 11 is 3.90. The van der Waals surface area contributed by atoms with Crippen molar-refractivity contribution in [3.05, 3.63) is 71.8 Å². The molecule has 124 valence electrons. The van der Waals surface area contributed by atoms with Gasteiger partial charge in [0.05, 0.1) is 9.40 Å². The zero-order valence-corrected chi connectivity index (χ0v) is 16.2. The highest BCUT2D eigenvalue weighted by Crippen LogP contribution is 2.49. The Hall–Kier alpha value is -2.42. The Morgan fingerprint density at radius 2 is 1.00 bits per heavy atom. The lowest BCUT2D eigenvalue weighted by Crippen LogP contribution is -1.77. The molecule has 4 aromatic carbocycles. The Morgan fingerprint density at radius 1 is 0.538 bits per heavy atom. The molecule has 2 heterocycles. The van der Waals surface area contributed by atoms with Gasteiger partial charge < -0.3 is 0 Å². The molecule has 0 saturated carbocycles. The Balaban J connectivity index is 2.00. The van der Waals surface area contributed by atoms with Crippen molar-refractivity contribution in [2.75, 3.05) is 0 Å². The number of hydrogen-bond acceptors (Lipinski definition) is 2. The zero-order chi connectivity index (χ0) is 17.4. The van der Waals surface area contributed by atoms with E-state index in [1.807, 2.05) is 22.7 Å². The van der Waals surface area contributed by atoms with Crippen LogP contribution in [0.5, 0.6) is 0 Å². The molecule has 0 unspecified atom stereocenters. The van der Waals surface area contributed by atoms with E-state index >= 15 is 0 Å². The number of thiophene rings is 2. The first-order valence-electron chi connectivity index (χ1n) is 8.87. The van der Waals surface area contributed by atoms with Crippen LogP contribution in [0.3, 0.4) is 0 Å². The van der Waals surface area contributed by atoms with Gasteiger partial charge in [0.15, 0.2) is 0 Å². The van der Waals surface area contributed by atoms with E-state index in [-0.39, 0.29) is 0 Å². The molecule has 6 aromatic rings. The van der Waals surface area contributed by atoms with Crippen LogP contribution in [0.2, 0.25) is 0 Å². The molecule has 0 aliphatic carbocycles. The summed E-state index contributed by atoms with van der Waals surface area (Å²) in [5.74, 6) is 0. The summed E-state index contributed by atoms with van der Waals surface area (Å²) in [6.07, 6.45) is 0. The molecule has 26 heavy (non-hydrogen) atoms. The number of aryl methyl sites for hydroxylation is 2. The maximum atomic E-state index is 2.33. The first-order valence-corrected chi connectivity index (χ1v) is 10.5. The topological polar surface area (TPSA) is 0 Å². The normalized spacial score (nSPS) is 12.2. The smallest absolute Gasteiger partial charge is 0.0540 e. The fourth-order valence-corrected chi connectivity index (χ4v) is 6.95. The Labute approximate surface area is 159 Å². The summed E-state index contributed by atoms with van der Waals surface area (Å²) in [6.45, 7) is 4.36. The molecule has 0 saturated heterocycles. The van der Waals surface area contributed by atoms with Gasteiger partial charge in [0.1, 0.15) is 0 Å². The van der Waals surface area contributed by atoms with Gasteiger partial charge in [-0.15, -0.1) is 22.7 Å². The average molecular weight is 369 g/mol.